The van der Waals surface area contributed by atoms with Gasteiger partial charge < -0.3 is 15.0 Å². The lowest BCUT2D eigenvalue weighted by Crippen LogP contribution is -2.06. The van der Waals surface area contributed by atoms with Crippen molar-refractivity contribution >= 4 is 5.97 Å². The Balaban J connectivity index is 2.26. The third kappa shape index (κ3) is 2.51. The molecule has 0 atom stereocenters. The molecule has 0 spiro atoms. The summed E-state index contributed by atoms with van der Waals surface area (Å²) in [6.07, 6.45) is 1.59. The molecule has 94 valence electrons. The second kappa shape index (κ2) is 5.37. The standard InChI is InChI=1S/C11H12N4O3/c1-2-17-11(16)9-14-10(18-15-9)7-3-4-13-8(5-7)6-12/h3-5H,2,6,12H2,1H3. The van der Waals surface area contributed by atoms with Crippen molar-refractivity contribution in [2.75, 3.05) is 6.61 Å². The van der Waals surface area contributed by atoms with E-state index in [0.717, 1.165) is 0 Å². The molecule has 2 heterocycles. The zero-order chi connectivity index (χ0) is 13.0. The lowest BCUT2D eigenvalue weighted by molar-refractivity contribution is 0.0508. The average molecular weight is 248 g/mol. The first kappa shape index (κ1) is 12.2. The lowest BCUT2D eigenvalue weighted by Gasteiger charge is -1.97. The van der Waals surface area contributed by atoms with E-state index in [4.69, 9.17) is 15.0 Å². The normalized spacial score (nSPS) is 10.3. The summed E-state index contributed by atoms with van der Waals surface area (Å²) in [5.41, 5.74) is 6.84. The Bertz CT molecular complexity index is 553. The third-order valence-electron chi connectivity index (χ3n) is 2.16. The second-order valence-electron chi connectivity index (χ2n) is 3.38. The summed E-state index contributed by atoms with van der Waals surface area (Å²) >= 11 is 0. The minimum Gasteiger partial charge on any atom is -0.460 e. The van der Waals surface area contributed by atoms with Gasteiger partial charge in [-0.05, 0) is 24.2 Å². The molecule has 7 heteroatoms. The van der Waals surface area contributed by atoms with E-state index in [9.17, 15) is 4.79 Å². The predicted molar refractivity (Wildman–Crippen MR) is 61.4 cm³/mol. The molecule has 0 bridgehead atoms. The van der Waals surface area contributed by atoms with Gasteiger partial charge in [0.1, 0.15) is 0 Å². The van der Waals surface area contributed by atoms with Crippen LogP contribution in [0.25, 0.3) is 11.5 Å². The first-order valence-electron chi connectivity index (χ1n) is 5.40. The minimum atomic E-state index is -0.611. The highest BCUT2D eigenvalue weighted by atomic mass is 16.5. The van der Waals surface area contributed by atoms with Crippen molar-refractivity contribution in [2.24, 2.45) is 5.73 Å². The predicted octanol–water partition coefficient (Wildman–Crippen LogP) is 0.767. The SMILES string of the molecule is CCOC(=O)c1noc(-c2ccnc(CN)c2)n1. The molecular formula is C11H12N4O3. The van der Waals surface area contributed by atoms with Crippen LogP contribution in [-0.4, -0.2) is 27.7 Å². The van der Waals surface area contributed by atoms with Crippen LogP contribution in [0.5, 0.6) is 0 Å². The van der Waals surface area contributed by atoms with Crippen molar-refractivity contribution in [3.05, 3.63) is 29.8 Å². The first-order chi connectivity index (χ1) is 8.74. The van der Waals surface area contributed by atoms with Gasteiger partial charge in [-0.2, -0.15) is 4.98 Å². The van der Waals surface area contributed by atoms with Gasteiger partial charge in [-0.1, -0.05) is 0 Å². The second-order valence-corrected chi connectivity index (χ2v) is 3.38. The molecular weight excluding hydrogens is 236 g/mol. The van der Waals surface area contributed by atoms with E-state index in [1.165, 1.54) is 0 Å². The number of nitrogens with zero attached hydrogens (tertiary/aromatic N) is 3. The van der Waals surface area contributed by atoms with Crippen LogP contribution in [0, 0.1) is 0 Å². The van der Waals surface area contributed by atoms with Crippen LogP contribution in [0.1, 0.15) is 23.2 Å². The maximum atomic E-state index is 11.4. The highest BCUT2D eigenvalue weighted by molar-refractivity contribution is 5.85. The Labute approximate surface area is 103 Å². The number of nitrogens with two attached hydrogens (primary N) is 1. The maximum absolute atomic E-state index is 11.4. The number of carbonyl (C=O) groups excluding carboxylic acids is 1. The molecule has 2 aromatic rings. The molecule has 0 saturated heterocycles. The maximum Gasteiger partial charge on any atom is 0.379 e. The number of aromatic nitrogens is 3. The van der Waals surface area contributed by atoms with E-state index in [2.05, 4.69) is 15.1 Å². The van der Waals surface area contributed by atoms with Gasteiger partial charge in [-0.3, -0.25) is 4.98 Å². The Morgan fingerprint density at radius 2 is 2.39 bits per heavy atom. The van der Waals surface area contributed by atoms with Gasteiger partial charge in [-0.25, -0.2) is 4.79 Å². The third-order valence-corrected chi connectivity index (χ3v) is 2.16. The molecule has 0 aliphatic carbocycles. The van der Waals surface area contributed by atoms with Gasteiger partial charge in [0.25, 0.3) is 11.7 Å². The first-order valence-corrected chi connectivity index (χ1v) is 5.40. The lowest BCUT2D eigenvalue weighted by atomic mass is 10.2. The van der Waals surface area contributed by atoms with E-state index >= 15 is 0 Å². The molecule has 2 N–H and O–H groups in total. The summed E-state index contributed by atoms with van der Waals surface area (Å²) in [6, 6.07) is 3.42. The van der Waals surface area contributed by atoms with E-state index in [-0.39, 0.29) is 18.3 Å². The van der Waals surface area contributed by atoms with Crippen molar-refractivity contribution in [2.45, 2.75) is 13.5 Å². The van der Waals surface area contributed by atoms with Crippen LogP contribution < -0.4 is 5.73 Å². The van der Waals surface area contributed by atoms with Gasteiger partial charge in [-0.15, -0.1) is 0 Å². The number of esters is 1. The summed E-state index contributed by atoms with van der Waals surface area (Å²) < 4.78 is 9.75. The largest absolute Gasteiger partial charge is 0.460 e. The van der Waals surface area contributed by atoms with Crippen LogP contribution in [0.2, 0.25) is 0 Å². The van der Waals surface area contributed by atoms with Gasteiger partial charge in [0, 0.05) is 18.3 Å². The van der Waals surface area contributed by atoms with E-state index in [1.54, 1.807) is 25.3 Å². The number of carbonyl (C=O) groups is 1. The van der Waals surface area contributed by atoms with Gasteiger partial charge in [0.05, 0.1) is 12.3 Å². The Morgan fingerprint density at radius 3 is 3.11 bits per heavy atom. The fourth-order valence-corrected chi connectivity index (χ4v) is 1.34. The summed E-state index contributed by atoms with van der Waals surface area (Å²) in [5.74, 6) is -0.478. The highest BCUT2D eigenvalue weighted by Crippen LogP contribution is 2.17. The van der Waals surface area contributed by atoms with Crippen LogP contribution in [0.15, 0.2) is 22.9 Å². The average Bonchev–Trinajstić information content (AvgIpc) is 2.89. The van der Waals surface area contributed by atoms with Crippen molar-refractivity contribution in [3.63, 3.8) is 0 Å². The monoisotopic (exact) mass is 248 g/mol. The number of hydrogen-bond donors (Lipinski definition) is 1. The van der Waals surface area contributed by atoms with E-state index < -0.39 is 5.97 Å². The molecule has 0 fully saturated rings. The van der Waals surface area contributed by atoms with Crippen LogP contribution in [0.4, 0.5) is 0 Å². The molecule has 0 unspecified atom stereocenters. The molecule has 0 radical (unpaired) electrons. The Hall–Kier alpha value is -2.28. The van der Waals surface area contributed by atoms with Crippen LogP contribution >= 0.6 is 0 Å². The molecule has 18 heavy (non-hydrogen) atoms. The number of pyridine rings is 1. The van der Waals surface area contributed by atoms with Crippen molar-refractivity contribution in [1.82, 2.24) is 15.1 Å². The van der Waals surface area contributed by atoms with Crippen LogP contribution in [0.3, 0.4) is 0 Å². The molecule has 7 nitrogen and oxygen atoms in total. The molecule has 0 aliphatic heterocycles. The highest BCUT2D eigenvalue weighted by Gasteiger charge is 2.16. The number of rotatable bonds is 4. The van der Waals surface area contributed by atoms with Gasteiger partial charge >= 0.3 is 5.97 Å². The quantitative estimate of drug-likeness (QED) is 0.796. The van der Waals surface area contributed by atoms with Crippen molar-refractivity contribution in [1.29, 1.82) is 0 Å². The van der Waals surface area contributed by atoms with Gasteiger partial charge in [0.15, 0.2) is 0 Å². The van der Waals surface area contributed by atoms with Crippen LogP contribution in [-0.2, 0) is 11.3 Å². The van der Waals surface area contributed by atoms with E-state index in [1.807, 2.05) is 0 Å². The van der Waals surface area contributed by atoms with Crippen molar-refractivity contribution in [3.8, 4) is 11.5 Å². The molecule has 2 aromatic heterocycles. The van der Waals surface area contributed by atoms with Gasteiger partial charge in [0.2, 0.25) is 0 Å². The Kier molecular flexibility index (Phi) is 3.63. The molecule has 0 saturated carbocycles. The van der Waals surface area contributed by atoms with E-state index in [0.29, 0.717) is 17.8 Å². The summed E-state index contributed by atoms with van der Waals surface area (Å²) in [5, 5.41) is 3.55. The molecule has 0 aromatic carbocycles. The topological polar surface area (TPSA) is 104 Å². The minimum absolute atomic E-state index is 0.0991. The number of ether oxygens (including phenoxy) is 1. The molecule has 2 rings (SSSR count). The number of hydrogen-bond acceptors (Lipinski definition) is 7. The Morgan fingerprint density at radius 1 is 1.56 bits per heavy atom. The molecule has 0 amide bonds. The zero-order valence-corrected chi connectivity index (χ0v) is 9.79. The molecule has 0 aliphatic rings. The fourth-order valence-electron chi connectivity index (χ4n) is 1.34. The summed E-state index contributed by atoms with van der Waals surface area (Å²) in [7, 11) is 0. The summed E-state index contributed by atoms with van der Waals surface area (Å²) in [4.78, 5) is 19.4. The summed E-state index contributed by atoms with van der Waals surface area (Å²) in [6.45, 7) is 2.28. The van der Waals surface area contributed by atoms with Crippen molar-refractivity contribution < 1.29 is 14.1 Å². The zero-order valence-electron chi connectivity index (χ0n) is 9.79. The fraction of sp³-hybridized carbons (Fsp3) is 0.273. The smallest absolute Gasteiger partial charge is 0.379 e.